The molecule has 2 aliphatic rings. The molecule has 0 amide bonds. The summed E-state index contributed by atoms with van der Waals surface area (Å²) >= 11 is 10.1. The van der Waals surface area contributed by atoms with E-state index in [1.165, 1.54) is 0 Å². The summed E-state index contributed by atoms with van der Waals surface area (Å²) in [6.07, 6.45) is -1.47. The van der Waals surface area contributed by atoms with Crippen molar-refractivity contribution in [3.8, 4) is 0 Å². The van der Waals surface area contributed by atoms with Crippen molar-refractivity contribution >= 4 is 47.8 Å². The predicted molar refractivity (Wildman–Crippen MR) is 58.8 cm³/mol. The Bertz CT molecular complexity index is 191. The van der Waals surface area contributed by atoms with Crippen LogP contribution in [0.3, 0.4) is 0 Å². The van der Waals surface area contributed by atoms with E-state index in [0.717, 1.165) is 0 Å². The van der Waals surface area contributed by atoms with Gasteiger partial charge in [-0.1, -0.05) is 47.8 Å². The Hall–Kier alpha value is 1.32. The van der Waals surface area contributed by atoms with Crippen LogP contribution < -0.4 is 0 Å². The number of ether oxygens (including phenoxy) is 1. The van der Waals surface area contributed by atoms with Gasteiger partial charge in [0.05, 0.1) is 32.8 Å². The van der Waals surface area contributed by atoms with E-state index >= 15 is 0 Å². The molecule has 0 aromatic carbocycles. The molecule has 1 heterocycles. The fourth-order valence-corrected chi connectivity index (χ4v) is 3.68. The number of rotatable bonds is 0. The third kappa shape index (κ3) is 1.74. The van der Waals surface area contributed by atoms with E-state index in [1.54, 1.807) is 0 Å². The second-order valence-corrected chi connectivity index (χ2v) is 6.55. The number of epoxide rings is 1. The van der Waals surface area contributed by atoms with Crippen LogP contribution in [0, 0.1) is 0 Å². The largest absolute Gasteiger partial charge is 0.389 e. The number of hydrogen-bond donors (Lipinski definition) is 2. The van der Waals surface area contributed by atoms with Crippen molar-refractivity contribution in [2.24, 2.45) is 0 Å². The number of fused-ring (bicyclic) bond motifs is 1. The zero-order chi connectivity index (χ0) is 9.75. The Morgan fingerprint density at radius 2 is 1.23 bits per heavy atom. The summed E-state index contributed by atoms with van der Waals surface area (Å²) in [7, 11) is 0. The summed E-state index contributed by atoms with van der Waals surface area (Å²) in [6.45, 7) is 0. The van der Waals surface area contributed by atoms with Gasteiger partial charge in [0.1, 0.15) is 6.10 Å². The van der Waals surface area contributed by atoms with Gasteiger partial charge in [0, 0.05) is 0 Å². The van der Waals surface area contributed by atoms with Crippen LogP contribution in [0.1, 0.15) is 0 Å². The lowest BCUT2D eigenvalue weighted by Crippen LogP contribution is -2.42. The van der Waals surface area contributed by atoms with E-state index in [-0.39, 0.29) is 26.7 Å². The summed E-state index contributed by atoms with van der Waals surface area (Å²) in [5.41, 5.74) is 0. The molecule has 2 N–H and O–H groups in total. The molecular formula is C7H9Br3O3. The molecule has 1 aliphatic carbocycles. The van der Waals surface area contributed by atoms with Crippen molar-refractivity contribution < 1.29 is 14.9 Å². The lowest BCUT2D eigenvalue weighted by molar-refractivity contribution is 0.0158. The lowest BCUT2D eigenvalue weighted by atomic mass is 10.1. The van der Waals surface area contributed by atoms with Gasteiger partial charge in [0.15, 0.2) is 0 Å². The molecule has 2 rings (SSSR count). The van der Waals surface area contributed by atoms with Gasteiger partial charge in [0.2, 0.25) is 0 Å². The Balaban J connectivity index is 2.19. The van der Waals surface area contributed by atoms with E-state index in [2.05, 4.69) is 47.8 Å². The molecule has 0 radical (unpaired) electrons. The third-order valence-corrected chi connectivity index (χ3v) is 6.47. The Labute approximate surface area is 101 Å². The van der Waals surface area contributed by atoms with E-state index in [9.17, 15) is 10.2 Å². The van der Waals surface area contributed by atoms with Crippen molar-refractivity contribution in [2.75, 3.05) is 0 Å². The van der Waals surface area contributed by atoms with Crippen LogP contribution in [0.5, 0.6) is 0 Å². The Kier molecular flexibility index (Phi) is 3.10. The van der Waals surface area contributed by atoms with Crippen molar-refractivity contribution in [1.29, 1.82) is 0 Å². The molecular weight excluding hydrogens is 372 g/mol. The molecule has 6 heteroatoms. The van der Waals surface area contributed by atoms with Crippen molar-refractivity contribution in [3.05, 3.63) is 0 Å². The fraction of sp³-hybridized carbons (Fsp3) is 1.00. The highest BCUT2D eigenvalue weighted by Gasteiger charge is 2.57. The zero-order valence-electron chi connectivity index (χ0n) is 6.48. The molecule has 76 valence electrons. The summed E-state index contributed by atoms with van der Waals surface area (Å²) in [5.74, 6) is 0. The highest BCUT2D eigenvalue weighted by Crippen LogP contribution is 2.44. The van der Waals surface area contributed by atoms with Crippen LogP contribution in [0.4, 0.5) is 0 Å². The van der Waals surface area contributed by atoms with Crippen molar-refractivity contribution in [1.82, 2.24) is 0 Å². The molecule has 0 spiro atoms. The molecule has 1 aliphatic heterocycles. The van der Waals surface area contributed by atoms with Crippen LogP contribution in [0.15, 0.2) is 0 Å². The van der Waals surface area contributed by atoms with Gasteiger partial charge in [-0.2, -0.15) is 0 Å². The molecule has 3 nitrogen and oxygen atoms in total. The van der Waals surface area contributed by atoms with Gasteiger partial charge in [-0.25, -0.2) is 0 Å². The summed E-state index contributed by atoms with van der Waals surface area (Å²) in [6, 6.07) is 0. The maximum absolute atomic E-state index is 9.69. The molecule has 13 heavy (non-hydrogen) atoms. The Morgan fingerprint density at radius 1 is 0.769 bits per heavy atom. The van der Waals surface area contributed by atoms with Gasteiger partial charge in [-0.05, 0) is 0 Å². The predicted octanol–water partition coefficient (Wildman–Crippen LogP) is 0.780. The van der Waals surface area contributed by atoms with Gasteiger partial charge >= 0.3 is 0 Å². The summed E-state index contributed by atoms with van der Waals surface area (Å²) < 4.78 is 5.38. The number of aliphatic hydroxyl groups excluding tert-OH is 2. The van der Waals surface area contributed by atoms with E-state index in [0.29, 0.717) is 0 Å². The van der Waals surface area contributed by atoms with E-state index in [4.69, 9.17) is 4.74 Å². The third-order valence-electron chi connectivity index (χ3n) is 2.50. The molecule has 1 saturated heterocycles. The first-order valence-corrected chi connectivity index (χ1v) is 6.72. The summed E-state index contributed by atoms with van der Waals surface area (Å²) in [5, 5.41) is 19.4. The standard InChI is InChI=1S/C7H9Br3O3/c8-1-2(9)6-7(13-6)3(10)5(12)4(1)11/h1-7,11-12H/t1-,2-,3+,4-,5+,6+,7-/m0/s1. The smallest absolute Gasteiger partial charge is 0.100 e. The zero-order valence-corrected chi connectivity index (χ0v) is 11.2. The summed E-state index contributed by atoms with van der Waals surface area (Å²) in [4.78, 5) is -0.320. The highest BCUT2D eigenvalue weighted by atomic mass is 79.9. The monoisotopic (exact) mass is 378 g/mol. The second kappa shape index (κ2) is 3.72. The quantitative estimate of drug-likeness (QED) is 0.482. The minimum Gasteiger partial charge on any atom is -0.389 e. The number of alkyl halides is 3. The van der Waals surface area contributed by atoms with Crippen molar-refractivity contribution in [3.63, 3.8) is 0 Å². The molecule has 0 unspecified atom stereocenters. The van der Waals surface area contributed by atoms with Gasteiger partial charge < -0.3 is 14.9 Å². The average Bonchev–Trinajstić information content (AvgIpc) is 2.90. The van der Waals surface area contributed by atoms with Crippen LogP contribution >= 0.6 is 47.8 Å². The molecule has 0 aromatic heterocycles. The van der Waals surface area contributed by atoms with Crippen LogP contribution in [-0.2, 0) is 4.74 Å². The first-order chi connectivity index (χ1) is 6.04. The average molecular weight is 381 g/mol. The second-order valence-electron chi connectivity index (χ2n) is 3.38. The first kappa shape index (κ1) is 10.8. The Morgan fingerprint density at radius 3 is 1.85 bits per heavy atom. The number of halogens is 3. The maximum Gasteiger partial charge on any atom is 0.100 e. The topological polar surface area (TPSA) is 53.0 Å². The van der Waals surface area contributed by atoms with E-state index in [1.807, 2.05) is 0 Å². The van der Waals surface area contributed by atoms with Crippen LogP contribution in [0.2, 0.25) is 0 Å². The normalized spacial score (nSPS) is 61.2. The van der Waals surface area contributed by atoms with Crippen molar-refractivity contribution in [2.45, 2.75) is 38.9 Å². The first-order valence-electron chi connectivity index (χ1n) is 3.98. The highest BCUT2D eigenvalue weighted by molar-refractivity contribution is 9.12. The lowest BCUT2D eigenvalue weighted by Gasteiger charge is -2.24. The number of aliphatic hydroxyl groups is 2. The van der Waals surface area contributed by atoms with E-state index < -0.39 is 12.2 Å². The molecule has 0 bridgehead atoms. The van der Waals surface area contributed by atoms with Gasteiger partial charge in [0.25, 0.3) is 0 Å². The van der Waals surface area contributed by atoms with Crippen LogP contribution in [0.25, 0.3) is 0 Å². The molecule has 1 saturated carbocycles. The minimum absolute atomic E-state index is 0.0107. The van der Waals surface area contributed by atoms with Gasteiger partial charge in [-0.3, -0.25) is 0 Å². The molecule has 7 atom stereocenters. The molecule has 0 aromatic rings. The maximum atomic E-state index is 9.69. The fourth-order valence-electron chi connectivity index (χ4n) is 1.59. The molecule has 2 fully saturated rings. The number of hydrogen-bond acceptors (Lipinski definition) is 3. The van der Waals surface area contributed by atoms with Gasteiger partial charge in [-0.15, -0.1) is 0 Å². The minimum atomic E-state index is -0.790. The SMILES string of the molecule is O[C@@H]1[C@H](O)[C@@H](Br)[C@@H]2O[C@@H]2[C@@H](Br)[C@@H]1Br. The van der Waals surface area contributed by atoms with Crippen LogP contribution in [-0.4, -0.2) is 49.1 Å².